The van der Waals surface area contributed by atoms with E-state index >= 15 is 0 Å². The molecule has 0 spiro atoms. The number of carboxylic acids is 1. The standard InChI is InChI=1S/C23H23F6NO5/c1-21(30(33)34,11-10-19(31)32)15-5-8-17-13(12-15)2-9-18(20(17)23(27,28)29)35-16-6-3-14(4-7-16)22(24,25)26/h2,5,8-9,12,14,16H,3-4,6-7,10-11H2,1H3,(H,31,32)/t14-,16+,21?. The minimum atomic E-state index is -4.87. The van der Waals surface area contributed by atoms with Gasteiger partial charge in [-0.05, 0) is 48.6 Å². The smallest absolute Gasteiger partial charge is 0.420 e. The number of aliphatic carboxylic acids is 1. The van der Waals surface area contributed by atoms with Gasteiger partial charge in [-0.1, -0.05) is 18.2 Å². The quantitative estimate of drug-likeness (QED) is 0.255. The Morgan fingerprint density at radius 3 is 2.23 bits per heavy atom. The third-order valence-corrected chi connectivity index (χ3v) is 6.55. The maximum Gasteiger partial charge on any atom is 0.420 e. The highest BCUT2D eigenvalue weighted by atomic mass is 19.4. The molecule has 1 fully saturated rings. The molecule has 1 N–H and O–H groups in total. The second-order valence-corrected chi connectivity index (χ2v) is 8.93. The number of hydrogen-bond acceptors (Lipinski definition) is 4. The van der Waals surface area contributed by atoms with Crippen molar-refractivity contribution in [3.63, 3.8) is 0 Å². The minimum Gasteiger partial charge on any atom is -0.490 e. The van der Waals surface area contributed by atoms with Gasteiger partial charge in [0, 0.05) is 23.8 Å². The van der Waals surface area contributed by atoms with Crippen molar-refractivity contribution >= 4 is 16.7 Å². The number of carbonyl (C=O) groups is 1. The van der Waals surface area contributed by atoms with Crippen molar-refractivity contribution in [1.29, 1.82) is 0 Å². The molecule has 12 heteroatoms. The molecule has 1 saturated carbocycles. The molecular formula is C23H23F6NO5. The van der Waals surface area contributed by atoms with Gasteiger partial charge >= 0.3 is 18.3 Å². The summed E-state index contributed by atoms with van der Waals surface area (Å²) in [4.78, 5) is 21.9. The molecule has 1 aliphatic carbocycles. The number of hydrogen-bond donors (Lipinski definition) is 1. The molecule has 192 valence electrons. The zero-order chi connectivity index (χ0) is 26.2. The molecule has 2 aromatic carbocycles. The van der Waals surface area contributed by atoms with Crippen molar-refractivity contribution in [2.75, 3.05) is 0 Å². The van der Waals surface area contributed by atoms with Gasteiger partial charge in [0.25, 0.3) is 0 Å². The van der Waals surface area contributed by atoms with Gasteiger partial charge in [0.15, 0.2) is 0 Å². The number of halogens is 6. The predicted molar refractivity (Wildman–Crippen MR) is 113 cm³/mol. The number of rotatable bonds is 7. The van der Waals surface area contributed by atoms with Crippen molar-refractivity contribution in [3.05, 3.63) is 51.6 Å². The Morgan fingerprint density at radius 1 is 1.09 bits per heavy atom. The van der Waals surface area contributed by atoms with Gasteiger partial charge in [-0.3, -0.25) is 14.9 Å². The summed E-state index contributed by atoms with van der Waals surface area (Å²) in [5.74, 6) is -3.27. The maximum absolute atomic E-state index is 14.0. The average molecular weight is 507 g/mol. The van der Waals surface area contributed by atoms with Crippen LogP contribution in [-0.2, 0) is 16.5 Å². The Labute approximate surface area is 196 Å². The van der Waals surface area contributed by atoms with Crippen molar-refractivity contribution in [3.8, 4) is 5.75 Å². The lowest BCUT2D eigenvalue weighted by Gasteiger charge is -2.31. The highest BCUT2D eigenvalue weighted by Gasteiger charge is 2.43. The average Bonchev–Trinajstić information content (AvgIpc) is 2.75. The molecular weight excluding hydrogens is 484 g/mol. The first kappa shape index (κ1) is 26.6. The molecule has 1 aliphatic rings. The third kappa shape index (κ3) is 5.79. The van der Waals surface area contributed by atoms with Crippen LogP contribution in [0.3, 0.4) is 0 Å². The second kappa shape index (κ2) is 9.54. The fourth-order valence-electron chi connectivity index (χ4n) is 4.41. The zero-order valence-corrected chi connectivity index (χ0v) is 18.6. The summed E-state index contributed by atoms with van der Waals surface area (Å²) in [6.07, 6.45) is -11.4. The highest BCUT2D eigenvalue weighted by Crippen LogP contribution is 2.44. The van der Waals surface area contributed by atoms with E-state index in [1.54, 1.807) is 0 Å². The van der Waals surface area contributed by atoms with E-state index in [1.807, 2.05) is 0 Å². The fourth-order valence-corrected chi connectivity index (χ4v) is 4.41. The van der Waals surface area contributed by atoms with Gasteiger partial charge in [0.05, 0.1) is 18.4 Å². The zero-order valence-electron chi connectivity index (χ0n) is 18.6. The minimum absolute atomic E-state index is 0.0337. The first-order valence-corrected chi connectivity index (χ1v) is 10.9. The van der Waals surface area contributed by atoms with E-state index in [2.05, 4.69) is 0 Å². The molecule has 0 radical (unpaired) electrons. The molecule has 6 nitrogen and oxygen atoms in total. The lowest BCUT2D eigenvalue weighted by atomic mass is 9.86. The Morgan fingerprint density at radius 2 is 1.71 bits per heavy atom. The van der Waals surface area contributed by atoms with E-state index in [1.165, 1.54) is 19.1 Å². The summed E-state index contributed by atoms with van der Waals surface area (Å²) < 4.78 is 86.2. The van der Waals surface area contributed by atoms with E-state index in [4.69, 9.17) is 9.84 Å². The van der Waals surface area contributed by atoms with E-state index in [-0.39, 0.29) is 48.4 Å². The Bertz CT molecular complexity index is 1110. The molecule has 35 heavy (non-hydrogen) atoms. The summed E-state index contributed by atoms with van der Waals surface area (Å²) >= 11 is 0. The number of nitro groups is 1. The summed E-state index contributed by atoms with van der Waals surface area (Å²) in [5, 5.41) is 20.4. The van der Waals surface area contributed by atoms with Crippen LogP contribution in [0.1, 0.15) is 56.6 Å². The number of alkyl halides is 6. The second-order valence-electron chi connectivity index (χ2n) is 8.93. The molecule has 1 atom stereocenters. The molecule has 3 rings (SSSR count). The molecule has 0 saturated heterocycles. The van der Waals surface area contributed by atoms with E-state index in [9.17, 15) is 41.3 Å². The van der Waals surface area contributed by atoms with E-state index in [0.29, 0.717) is 0 Å². The molecule has 0 aromatic heterocycles. The van der Waals surface area contributed by atoms with Crippen LogP contribution in [0.25, 0.3) is 10.8 Å². The summed E-state index contributed by atoms with van der Waals surface area (Å²) in [6.45, 7) is 1.20. The largest absolute Gasteiger partial charge is 0.490 e. The van der Waals surface area contributed by atoms with Gasteiger partial charge < -0.3 is 9.84 Å². The van der Waals surface area contributed by atoms with Gasteiger partial charge in [0.2, 0.25) is 5.54 Å². The summed E-state index contributed by atoms with van der Waals surface area (Å²) in [5.41, 5.74) is -2.91. The van der Waals surface area contributed by atoms with Gasteiger partial charge in [-0.15, -0.1) is 0 Å². The van der Waals surface area contributed by atoms with Crippen LogP contribution in [0, 0.1) is 16.0 Å². The van der Waals surface area contributed by atoms with Crippen LogP contribution < -0.4 is 4.74 Å². The topological polar surface area (TPSA) is 89.7 Å². The number of fused-ring (bicyclic) bond motifs is 1. The Balaban J connectivity index is 1.96. The number of nitrogens with zero attached hydrogens (tertiary/aromatic N) is 1. The van der Waals surface area contributed by atoms with Gasteiger partial charge in [0.1, 0.15) is 11.3 Å². The van der Waals surface area contributed by atoms with Crippen molar-refractivity contribution in [2.45, 2.75) is 69.4 Å². The SMILES string of the molecule is CC(CCC(=O)O)(c1ccc2c(C(F)(F)F)c(O[C@H]3CC[C@@H](C(F)(F)F)CC3)ccc2c1)[N+](=O)[O-]. The van der Waals surface area contributed by atoms with E-state index in [0.717, 1.165) is 18.2 Å². The van der Waals surface area contributed by atoms with Crippen molar-refractivity contribution in [1.82, 2.24) is 0 Å². The van der Waals surface area contributed by atoms with Gasteiger partial charge in [-0.2, -0.15) is 26.3 Å². The van der Waals surface area contributed by atoms with Crippen LogP contribution in [-0.4, -0.2) is 28.3 Å². The highest BCUT2D eigenvalue weighted by molar-refractivity contribution is 5.89. The number of ether oxygens (including phenoxy) is 1. The molecule has 0 amide bonds. The van der Waals surface area contributed by atoms with E-state index < -0.39 is 58.5 Å². The van der Waals surface area contributed by atoms with Crippen LogP contribution in [0.2, 0.25) is 0 Å². The maximum atomic E-state index is 14.0. The lowest BCUT2D eigenvalue weighted by molar-refractivity contribution is -0.575. The summed E-state index contributed by atoms with van der Waals surface area (Å²) in [7, 11) is 0. The fraction of sp³-hybridized carbons (Fsp3) is 0.522. The monoisotopic (exact) mass is 507 g/mol. The lowest BCUT2D eigenvalue weighted by Crippen LogP contribution is -2.32. The first-order valence-electron chi connectivity index (χ1n) is 10.9. The van der Waals surface area contributed by atoms with Crippen molar-refractivity contribution in [2.24, 2.45) is 5.92 Å². The molecule has 0 aliphatic heterocycles. The summed E-state index contributed by atoms with van der Waals surface area (Å²) in [6, 6.07) is 5.80. The van der Waals surface area contributed by atoms with Gasteiger partial charge in [-0.25, -0.2) is 0 Å². The normalized spacial score (nSPS) is 20.9. The van der Waals surface area contributed by atoms with Crippen molar-refractivity contribution < 1.29 is 45.9 Å². The van der Waals surface area contributed by atoms with Crippen LogP contribution in [0.4, 0.5) is 26.3 Å². The molecule has 0 bridgehead atoms. The molecule has 2 aromatic rings. The predicted octanol–water partition coefficient (Wildman–Crippen LogP) is 6.72. The van der Waals surface area contributed by atoms with Crippen LogP contribution >= 0.6 is 0 Å². The number of benzene rings is 2. The van der Waals surface area contributed by atoms with Crippen LogP contribution in [0.15, 0.2) is 30.3 Å². The first-order chi connectivity index (χ1) is 16.1. The third-order valence-electron chi connectivity index (χ3n) is 6.55. The van der Waals surface area contributed by atoms with Crippen LogP contribution in [0.5, 0.6) is 5.75 Å². The molecule has 0 heterocycles. The molecule has 1 unspecified atom stereocenters. The number of carboxylic acid groups (broad SMARTS) is 1. The Kier molecular flexibility index (Phi) is 7.24. The Hall–Kier alpha value is -3.05.